The molecule has 0 aromatic heterocycles. The molecule has 0 aliphatic carbocycles. The summed E-state index contributed by atoms with van der Waals surface area (Å²) in [4.78, 5) is 21.4. The van der Waals surface area contributed by atoms with Crippen LogP contribution >= 0.6 is 0 Å². The number of benzene rings is 1. The monoisotopic (exact) mass is 267 g/mol. The molecular formula is C13H17NO5. The third kappa shape index (κ3) is 3.94. The van der Waals surface area contributed by atoms with E-state index in [-0.39, 0.29) is 17.9 Å². The molecule has 1 atom stereocenters. The first-order valence-corrected chi connectivity index (χ1v) is 6.03. The number of aliphatic carboxylic acids is 1. The highest BCUT2D eigenvalue weighted by Crippen LogP contribution is 2.29. The molecule has 0 bridgehead atoms. The summed E-state index contributed by atoms with van der Waals surface area (Å²) in [6.07, 6.45) is 1.60. The molecule has 1 N–H and O–H groups in total. The molecule has 0 aliphatic rings. The standard InChI is InChI=1S/C13H17NO5/c1-3-4-10(13(15)16)7-9-5-6-12(19-2)11(8-9)14(17)18/h5-6,8,10H,3-4,7H2,1-2H3,(H,15,16). The fourth-order valence-corrected chi connectivity index (χ4v) is 1.95. The van der Waals surface area contributed by atoms with Gasteiger partial charge in [0, 0.05) is 6.07 Å². The Morgan fingerprint density at radius 1 is 1.53 bits per heavy atom. The number of nitro benzene ring substituents is 1. The van der Waals surface area contributed by atoms with E-state index in [1.165, 1.54) is 19.2 Å². The van der Waals surface area contributed by atoms with Gasteiger partial charge in [-0.05, 0) is 24.5 Å². The lowest BCUT2D eigenvalue weighted by Crippen LogP contribution is -2.16. The number of hydrogen-bond donors (Lipinski definition) is 1. The van der Waals surface area contributed by atoms with Gasteiger partial charge in [-0.15, -0.1) is 0 Å². The average Bonchev–Trinajstić information content (AvgIpc) is 2.37. The van der Waals surface area contributed by atoms with Crippen LogP contribution in [0.15, 0.2) is 18.2 Å². The molecule has 0 saturated carbocycles. The number of ether oxygens (including phenoxy) is 1. The molecule has 0 spiro atoms. The summed E-state index contributed by atoms with van der Waals surface area (Å²) in [5, 5.41) is 20.0. The van der Waals surface area contributed by atoms with Crippen LogP contribution in [0.3, 0.4) is 0 Å². The van der Waals surface area contributed by atoms with Crippen LogP contribution in [0.2, 0.25) is 0 Å². The molecule has 0 saturated heterocycles. The molecule has 0 amide bonds. The minimum Gasteiger partial charge on any atom is -0.490 e. The van der Waals surface area contributed by atoms with E-state index in [1.54, 1.807) is 6.07 Å². The van der Waals surface area contributed by atoms with Crippen molar-refractivity contribution in [1.82, 2.24) is 0 Å². The van der Waals surface area contributed by atoms with Gasteiger partial charge in [-0.1, -0.05) is 19.4 Å². The van der Waals surface area contributed by atoms with Crippen molar-refractivity contribution in [2.45, 2.75) is 26.2 Å². The maximum atomic E-state index is 11.1. The Kier molecular flexibility index (Phi) is 5.29. The van der Waals surface area contributed by atoms with Crippen molar-refractivity contribution >= 4 is 11.7 Å². The zero-order chi connectivity index (χ0) is 14.4. The van der Waals surface area contributed by atoms with Crippen LogP contribution in [-0.2, 0) is 11.2 Å². The van der Waals surface area contributed by atoms with Crippen LogP contribution < -0.4 is 4.74 Å². The Morgan fingerprint density at radius 3 is 2.68 bits per heavy atom. The molecule has 0 radical (unpaired) electrons. The Labute approximate surface area is 111 Å². The normalized spacial score (nSPS) is 11.9. The Morgan fingerprint density at radius 2 is 2.21 bits per heavy atom. The third-order valence-electron chi connectivity index (χ3n) is 2.91. The van der Waals surface area contributed by atoms with Crippen molar-refractivity contribution in [3.05, 3.63) is 33.9 Å². The van der Waals surface area contributed by atoms with E-state index >= 15 is 0 Å². The predicted octanol–water partition coefficient (Wildman–Crippen LogP) is 2.65. The van der Waals surface area contributed by atoms with E-state index in [4.69, 9.17) is 9.84 Å². The van der Waals surface area contributed by atoms with E-state index in [0.717, 1.165) is 6.42 Å². The summed E-state index contributed by atoms with van der Waals surface area (Å²) >= 11 is 0. The van der Waals surface area contributed by atoms with Crippen LogP contribution in [0, 0.1) is 16.0 Å². The van der Waals surface area contributed by atoms with Crippen molar-refractivity contribution in [1.29, 1.82) is 0 Å². The number of carboxylic acids is 1. The van der Waals surface area contributed by atoms with Gasteiger partial charge >= 0.3 is 11.7 Å². The molecule has 6 nitrogen and oxygen atoms in total. The van der Waals surface area contributed by atoms with Crippen LogP contribution in [-0.4, -0.2) is 23.1 Å². The first-order valence-electron chi connectivity index (χ1n) is 6.03. The van der Waals surface area contributed by atoms with Gasteiger partial charge < -0.3 is 9.84 Å². The molecular weight excluding hydrogens is 250 g/mol. The molecule has 1 aromatic rings. The largest absolute Gasteiger partial charge is 0.490 e. The lowest BCUT2D eigenvalue weighted by Gasteiger charge is -2.11. The maximum absolute atomic E-state index is 11.1. The van der Waals surface area contributed by atoms with Gasteiger partial charge in [-0.25, -0.2) is 0 Å². The van der Waals surface area contributed by atoms with Crippen LogP contribution in [0.25, 0.3) is 0 Å². The van der Waals surface area contributed by atoms with Gasteiger partial charge in [0.1, 0.15) is 0 Å². The zero-order valence-corrected chi connectivity index (χ0v) is 11.0. The molecule has 1 rings (SSSR count). The second kappa shape index (κ2) is 6.72. The van der Waals surface area contributed by atoms with Crippen LogP contribution in [0.4, 0.5) is 5.69 Å². The SMILES string of the molecule is CCCC(Cc1ccc(OC)c([N+](=O)[O-])c1)C(=O)O. The predicted molar refractivity (Wildman–Crippen MR) is 69.4 cm³/mol. The fourth-order valence-electron chi connectivity index (χ4n) is 1.95. The highest BCUT2D eigenvalue weighted by Gasteiger charge is 2.20. The molecule has 0 fully saturated rings. The summed E-state index contributed by atoms with van der Waals surface area (Å²) in [5.41, 5.74) is 0.494. The number of nitrogens with zero attached hydrogens (tertiary/aromatic N) is 1. The first-order chi connectivity index (χ1) is 8.99. The van der Waals surface area contributed by atoms with E-state index in [0.29, 0.717) is 12.0 Å². The van der Waals surface area contributed by atoms with Crippen molar-refractivity contribution < 1.29 is 19.6 Å². The fraction of sp³-hybridized carbons (Fsp3) is 0.462. The Balaban J connectivity index is 2.98. The van der Waals surface area contributed by atoms with Gasteiger partial charge in [0.2, 0.25) is 0 Å². The van der Waals surface area contributed by atoms with Crippen LogP contribution in [0.1, 0.15) is 25.3 Å². The number of hydrogen-bond acceptors (Lipinski definition) is 4. The average molecular weight is 267 g/mol. The van der Waals surface area contributed by atoms with E-state index in [1.807, 2.05) is 6.92 Å². The number of carbonyl (C=O) groups is 1. The van der Waals surface area contributed by atoms with E-state index in [9.17, 15) is 14.9 Å². The lowest BCUT2D eigenvalue weighted by atomic mass is 9.95. The quantitative estimate of drug-likeness (QED) is 0.606. The Bertz CT molecular complexity index is 472. The smallest absolute Gasteiger partial charge is 0.311 e. The number of methoxy groups -OCH3 is 1. The third-order valence-corrected chi connectivity index (χ3v) is 2.91. The summed E-state index contributed by atoms with van der Waals surface area (Å²) in [6, 6.07) is 4.54. The van der Waals surface area contributed by atoms with E-state index < -0.39 is 16.8 Å². The summed E-state index contributed by atoms with van der Waals surface area (Å²) in [5.74, 6) is -1.21. The summed E-state index contributed by atoms with van der Waals surface area (Å²) < 4.78 is 4.90. The molecule has 104 valence electrons. The van der Waals surface area contributed by atoms with E-state index in [2.05, 4.69) is 0 Å². The highest BCUT2D eigenvalue weighted by atomic mass is 16.6. The van der Waals surface area contributed by atoms with Gasteiger partial charge in [-0.2, -0.15) is 0 Å². The maximum Gasteiger partial charge on any atom is 0.311 e. The molecule has 1 unspecified atom stereocenters. The first kappa shape index (κ1) is 14.9. The van der Waals surface area contributed by atoms with Gasteiger partial charge in [0.15, 0.2) is 5.75 Å². The molecule has 1 aromatic carbocycles. The molecule has 0 heterocycles. The zero-order valence-electron chi connectivity index (χ0n) is 11.0. The number of nitro groups is 1. The minimum atomic E-state index is -0.875. The summed E-state index contributed by atoms with van der Waals surface area (Å²) in [6.45, 7) is 1.91. The second-order valence-electron chi connectivity index (χ2n) is 4.29. The molecule has 0 aliphatic heterocycles. The van der Waals surface area contributed by atoms with Gasteiger partial charge in [0.05, 0.1) is 18.0 Å². The van der Waals surface area contributed by atoms with Gasteiger partial charge in [-0.3, -0.25) is 14.9 Å². The van der Waals surface area contributed by atoms with Crippen molar-refractivity contribution in [2.75, 3.05) is 7.11 Å². The summed E-state index contributed by atoms with van der Waals surface area (Å²) in [7, 11) is 1.36. The number of carboxylic acid groups (broad SMARTS) is 1. The highest BCUT2D eigenvalue weighted by molar-refractivity contribution is 5.70. The Hall–Kier alpha value is -2.11. The second-order valence-corrected chi connectivity index (χ2v) is 4.29. The minimum absolute atomic E-state index is 0.138. The van der Waals surface area contributed by atoms with Gasteiger partial charge in [0.25, 0.3) is 0 Å². The molecule has 19 heavy (non-hydrogen) atoms. The van der Waals surface area contributed by atoms with Crippen LogP contribution in [0.5, 0.6) is 5.75 Å². The van der Waals surface area contributed by atoms with Crippen molar-refractivity contribution in [2.24, 2.45) is 5.92 Å². The number of rotatable bonds is 7. The van der Waals surface area contributed by atoms with Crippen molar-refractivity contribution in [3.8, 4) is 5.75 Å². The topological polar surface area (TPSA) is 89.7 Å². The molecule has 6 heteroatoms. The lowest BCUT2D eigenvalue weighted by molar-refractivity contribution is -0.385. The van der Waals surface area contributed by atoms with Crippen molar-refractivity contribution in [3.63, 3.8) is 0 Å².